The van der Waals surface area contributed by atoms with Gasteiger partial charge in [0.2, 0.25) is 0 Å². The zero-order valence-electron chi connectivity index (χ0n) is 17.1. The highest BCUT2D eigenvalue weighted by atomic mass is 28.4. The first-order valence-corrected chi connectivity index (χ1v) is 12.4. The molecule has 9 nitrogen and oxygen atoms in total. The van der Waals surface area contributed by atoms with E-state index in [1.165, 1.54) is 6.92 Å². The van der Waals surface area contributed by atoms with Crippen LogP contribution in [0.5, 0.6) is 0 Å². The Morgan fingerprint density at radius 3 is 1.35 bits per heavy atom. The standard InChI is InChI=1S/C15H35NO8Si2/c1-14(17)15(18)16(10-8-12-25(19-2,20-3)21-4)11-9-13-26(22-5,23-6)24-7/h14,17H,8-13H2,1-7H3. The third kappa shape index (κ3) is 7.70. The molecule has 0 bridgehead atoms. The molecule has 0 fully saturated rings. The Kier molecular flexibility index (Phi) is 12.7. The van der Waals surface area contributed by atoms with Crippen LogP contribution in [0.1, 0.15) is 19.8 Å². The minimum Gasteiger partial charge on any atom is -0.384 e. The number of aliphatic hydroxyl groups excluding tert-OH is 1. The van der Waals surface area contributed by atoms with E-state index in [9.17, 15) is 9.90 Å². The van der Waals surface area contributed by atoms with E-state index in [1.807, 2.05) is 0 Å². The molecule has 0 aromatic heterocycles. The van der Waals surface area contributed by atoms with E-state index in [0.29, 0.717) is 38.0 Å². The molecule has 0 aromatic rings. The quantitative estimate of drug-likeness (QED) is 0.393. The third-order valence-corrected chi connectivity index (χ3v) is 10.0. The molecule has 26 heavy (non-hydrogen) atoms. The largest absolute Gasteiger partial charge is 0.500 e. The van der Waals surface area contributed by atoms with Gasteiger partial charge in [-0.15, -0.1) is 0 Å². The molecule has 0 heterocycles. The van der Waals surface area contributed by atoms with Gasteiger partial charge in [0.1, 0.15) is 6.10 Å². The van der Waals surface area contributed by atoms with Gasteiger partial charge >= 0.3 is 17.6 Å². The summed E-state index contributed by atoms with van der Waals surface area (Å²) in [5.74, 6) is -0.316. The predicted molar refractivity (Wildman–Crippen MR) is 101 cm³/mol. The molecule has 1 atom stereocenters. The maximum absolute atomic E-state index is 12.3. The number of aliphatic hydroxyl groups is 1. The number of hydrogen-bond acceptors (Lipinski definition) is 8. The molecule has 1 amide bonds. The van der Waals surface area contributed by atoms with E-state index in [4.69, 9.17) is 26.6 Å². The monoisotopic (exact) mass is 413 g/mol. The van der Waals surface area contributed by atoms with Crippen LogP contribution < -0.4 is 0 Å². The van der Waals surface area contributed by atoms with Crippen molar-refractivity contribution in [3.05, 3.63) is 0 Å². The van der Waals surface area contributed by atoms with Crippen molar-refractivity contribution in [3.8, 4) is 0 Å². The van der Waals surface area contributed by atoms with Gasteiger partial charge in [0.05, 0.1) is 0 Å². The first kappa shape index (κ1) is 25.6. The van der Waals surface area contributed by atoms with Gasteiger partial charge in [-0.3, -0.25) is 4.79 Å². The fourth-order valence-electron chi connectivity index (χ4n) is 2.68. The molecule has 156 valence electrons. The minimum absolute atomic E-state index is 0.316. The van der Waals surface area contributed by atoms with Crippen molar-refractivity contribution in [2.75, 3.05) is 55.7 Å². The Hall–Kier alpha value is -0.376. The van der Waals surface area contributed by atoms with Crippen LogP contribution in [0, 0.1) is 0 Å². The van der Waals surface area contributed by atoms with E-state index in [2.05, 4.69) is 0 Å². The van der Waals surface area contributed by atoms with Gasteiger partial charge in [0, 0.05) is 67.8 Å². The number of carbonyl (C=O) groups is 1. The van der Waals surface area contributed by atoms with Gasteiger partial charge in [-0.2, -0.15) is 0 Å². The van der Waals surface area contributed by atoms with Crippen LogP contribution in [0.25, 0.3) is 0 Å². The number of rotatable bonds is 15. The molecule has 0 aromatic carbocycles. The van der Waals surface area contributed by atoms with Crippen molar-refractivity contribution in [1.82, 2.24) is 4.90 Å². The van der Waals surface area contributed by atoms with E-state index >= 15 is 0 Å². The lowest BCUT2D eigenvalue weighted by molar-refractivity contribution is -0.139. The summed E-state index contributed by atoms with van der Waals surface area (Å²) < 4.78 is 32.4. The van der Waals surface area contributed by atoms with Crippen LogP contribution in [-0.4, -0.2) is 95.4 Å². The third-order valence-electron chi connectivity index (χ3n) is 4.36. The minimum atomic E-state index is -2.68. The Bertz CT molecular complexity index is 349. The van der Waals surface area contributed by atoms with Gasteiger partial charge in [-0.25, -0.2) is 0 Å². The number of carbonyl (C=O) groups excluding carboxylic acids is 1. The highest BCUT2D eigenvalue weighted by Gasteiger charge is 2.38. The zero-order chi connectivity index (χ0) is 20.2. The molecule has 11 heteroatoms. The summed E-state index contributed by atoms with van der Waals surface area (Å²) in [5.41, 5.74) is 0. The van der Waals surface area contributed by atoms with Gasteiger partial charge in [0.15, 0.2) is 0 Å². The molecule has 0 spiro atoms. The second-order valence-corrected chi connectivity index (χ2v) is 12.0. The Morgan fingerprint density at radius 2 is 1.12 bits per heavy atom. The highest BCUT2D eigenvalue weighted by molar-refractivity contribution is 6.60. The van der Waals surface area contributed by atoms with Crippen molar-refractivity contribution in [2.24, 2.45) is 0 Å². The van der Waals surface area contributed by atoms with Crippen LogP contribution >= 0.6 is 0 Å². The van der Waals surface area contributed by atoms with Gasteiger partial charge in [-0.1, -0.05) is 0 Å². The summed E-state index contributed by atoms with van der Waals surface area (Å²) in [5, 5.41) is 9.66. The number of nitrogens with zero attached hydrogens (tertiary/aromatic N) is 1. The fourth-order valence-corrected chi connectivity index (χ4v) is 6.09. The summed E-state index contributed by atoms with van der Waals surface area (Å²) in [7, 11) is 3.99. The smallest absolute Gasteiger partial charge is 0.384 e. The SMILES string of the molecule is CO[Si](CCCN(CCC[Si](OC)(OC)OC)C(=O)C(C)O)(OC)OC. The van der Waals surface area contributed by atoms with Gasteiger partial charge in [-0.05, 0) is 19.8 Å². The van der Waals surface area contributed by atoms with Crippen molar-refractivity contribution < 1.29 is 36.5 Å². The fraction of sp³-hybridized carbons (Fsp3) is 0.933. The van der Waals surface area contributed by atoms with Crippen molar-refractivity contribution >= 4 is 23.5 Å². The first-order valence-electron chi connectivity index (χ1n) is 8.57. The lowest BCUT2D eigenvalue weighted by Crippen LogP contribution is -2.45. The molecule has 0 aliphatic rings. The summed E-state index contributed by atoms with van der Waals surface area (Å²) in [6.45, 7) is 2.40. The number of hydrogen-bond donors (Lipinski definition) is 1. The zero-order valence-corrected chi connectivity index (χ0v) is 19.1. The molecule has 0 rings (SSSR count). The summed E-state index contributed by atoms with van der Waals surface area (Å²) in [4.78, 5) is 13.9. The van der Waals surface area contributed by atoms with E-state index in [0.717, 1.165) is 0 Å². The van der Waals surface area contributed by atoms with E-state index < -0.39 is 23.7 Å². The average Bonchev–Trinajstić information content (AvgIpc) is 2.67. The normalized spacial score (nSPS) is 13.7. The topological polar surface area (TPSA) is 95.9 Å². The van der Waals surface area contributed by atoms with Crippen molar-refractivity contribution in [1.29, 1.82) is 0 Å². The van der Waals surface area contributed by atoms with Crippen molar-refractivity contribution in [3.63, 3.8) is 0 Å². The lowest BCUT2D eigenvalue weighted by atomic mass is 10.3. The van der Waals surface area contributed by atoms with Crippen LogP contribution in [0.15, 0.2) is 0 Å². The average molecular weight is 414 g/mol. The van der Waals surface area contributed by atoms with E-state index in [-0.39, 0.29) is 5.91 Å². The van der Waals surface area contributed by atoms with Gasteiger partial charge in [0.25, 0.3) is 5.91 Å². The molecule has 0 saturated carbocycles. The maximum Gasteiger partial charge on any atom is 0.500 e. The molecule has 1 unspecified atom stereocenters. The molecule has 0 radical (unpaired) electrons. The van der Waals surface area contributed by atoms with Crippen LogP contribution in [0.4, 0.5) is 0 Å². The molecule has 1 N–H and O–H groups in total. The Labute approximate surface area is 159 Å². The second-order valence-electron chi connectivity index (χ2n) is 5.80. The Morgan fingerprint density at radius 1 is 0.808 bits per heavy atom. The summed E-state index contributed by atoms with van der Waals surface area (Å²) >= 11 is 0. The molecule has 0 aliphatic heterocycles. The summed E-state index contributed by atoms with van der Waals surface area (Å²) in [6.07, 6.45) is 0.224. The van der Waals surface area contributed by atoms with Crippen LogP contribution in [0.2, 0.25) is 12.1 Å². The highest BCUT2D eigenvalue weighted by Crippen LogP contribution is 2.18. The Balaban J connectivity index is 4.76. The molecule has 0 saturated heterocycles. The van der Waals surface area contributed by atoms with Crippen LogP contribution in [-0.2, 0) is 31.4 Å². The second kappa shape index (κ2) is 12.9. The lowest BCUT2D eigenvalue weighted by Gasteiger charge is -2.29. The number of amides is 1. The molecule has 0 aliphatic carbocycles. The van der Waals surface area contributed by atoms with Crippen molar-refractivity contribution in [2.45, 2.75) is 38.0 Å². The maximum atomic E-state index is 12.3. The van der Waals surface area contributed by atoms with E-state index in [1.54, 1.807) is 47.6 Å². The predicted octanol–water partition coefficient (Wildman–Crippen LogP) is 0.732. The molecular weight excluding hydrogens is 378 g/mol. The summed E-state index contributed by atoms with van der Waals surface area (Å²) in [6, 6.07) is 1.15. The molecular formula is C15H35NO8Si2. The van der Waals surface area contributed by atoms with Crippen LogP contribution in [0.3, 0.4) is 0 Å². The van der Waals surface area contributed by atoms with Gasteiger partial charge < -0.3 is 36.6 Å². The first-order chi connectivity index (χ1) is 12.3.